The van der Waals surface area contributed by atoms with E-state index in [9.17, 15) is 9.90 Å². The van der Waals surface area contributed by atoms with E-state index in [0.717, 1.165) is 61.4 Å². The maximum absolute atomic E-state index is 13.1. The molecule has 2 N–H and O–H groups in total. The van der Waals surface area contributed by atoms with E-state index in [1.807, 2.05) is 30.5 Å². The molecule has 2 aliphatic rings. The monoisotopic (exact) mass is 546 g/mol. The minimum Gasteiger partial charge on any atom is -0.365 e. The fraction of sp³-hybridized carbons (Fsp3) is 0.562. The molecule has 8 heteroatoms. The van der Waals surface area contributed by atoms with Crippen molar-refractivity contribution in [1.29, 1.82) is 0 Å². The summed E-state index contributed by atoms with van der Waals surface area (Å²) in [6.07, 6.45) is 6.04. The summed E-state index contributed by atoms with van der Waals surface area (Å²) in [5.74, 6) is -0.0186. The lowest BCUT2D eigenvalue weighted by Gasteiger charge is -2.43. The lowest BCUT2D eigenvalue weighted by molar-refractivity contribution is -0.119. The van der Waals surface area contributed by atoms with Crippen molar-refractivity contribution in [3.8, 4) is 0 Å². The second kappa shape index (κ2) is 11.6. The van der Waals surface area contributed by atoms with Crippen LogP contribution in [0.3, 0.4) is 0 Å². The molecule has 5 rings (SSSR count). The number of carbonyl (C=O) groups excluding carboxylic acids is 1. The van der Waals surface area contributed by atoms with E-state index in [4.69, 9.17) is 0 Å². The highest BCUT2D eigenvalue weighted by Gasteiger charge is 2.47. The number of pyridine rings is 1. The van der Waals surface area contributed by atoms with Crippen LogP contribution >= 0.6 is 0 Å². The van der Waals surface area contributed by atoms with Gasteiger partial charge in [-0.3, -0.25) is 14.6 Å². The summed E-state index contributed by atoms with van der Waals surface area (Å²) in [7, 11) is 0. The van der Waals surface area contributed by atoms with Crippen LogP contribution in [0.5, 0.6) is 0 Å². The molecule has 2 aliphatic heterocycles. The predicted octanol–water partition coefficient (Wildman–Crippen LogP) is 4.36. The Hall–Kier alpha value is -2.78. The summed E-state index contributed by atoms with van der Waals surface area (Å²) in [5, 5.41) is 14.6. The number of amides is 1. The van der Waals surface area contributed by atoms with Gasteiger partial charge in [-0.1, -0.05) is 30.3 Å². The smallest absolute Gasteiger partial charge is 0.253 e. The van der Waals surface area contributed by atoms with Crippen molar-refractivity contribution in [1.82, 2.24) is 29.4 Å². The van der Waals surface area contributed by atoms with Crippen molar-refractivity contribution < 1.29 is 9.90 Å². The van der Waals surface area contributed by atoms with Crippen LogP contribution in [-0.4, -0.2) is 85.3 Å². The first-order valence-corrected chi connectivity index (χ1v) is 14.8. The minimum atomic E-state index is -0.581. The van der Waals surface area contributed by atoms with E-state index in [-0.39, 0.29) is 17.5 Å². The number of nitrogens with one attached hydrogen (secondary N) is 1. The molecule has 2 saturated heterocycles. The minimum absolute atomic E-state index is 0.0186. The summed E-state index contributed by atoms with van der Waals surface area (Å²) in [5.41, 5.74) is 4.64. The molecule has 0 spiro atoms. The van der Waals surface area contributed by atoms with Crippen LogP contribution in [0.1, 0.15) is 80.2 Å². The van der Waals surface area contributed by atoms with Crippen LogP contribution in [0.4, 0.5) is 0 Å². The summed E-state index contributed by atoms with van der Waals surface area (Å²) < 4.78 is 1.97. The van der Waals surface area contributed by atoms with E-state index in [0.29, 0.717) is 18.6 Å². The number of likely N-dealkylation sites (tertiary alicyclic amines) is 1. The zero-order valence-electron chi connectivity index (χ0n) is 25.0. The maximum atomic E-state index is 13.1. The van der Waals surface area contributed by atoms with Gasteiger partial charge in [0, 0.05) is 48.8 Å². The number of imidazole rings is 1. The normalized spacial score (nSPS) is 22.7. The molecular weight excluding hydrogens is 500 g/mol. The molecule has 216 valence electrons. The summed E-state index contributed by atoms with van der Waals surface area (Å²) >= 11 is 0. The van der Waals surface area contributed by atoms with Gasteiger partial charge in [-0.15, -0.1) is 0 Å². The molecule has 8 nitrogen and oxygen atoms in total. The number of carbonyl (C=O) groups is 1. The standard InChI is InChI=1S/C32H46N6O2/c1-22-20-28-33-16-19-36(28)24(3)29(22)30(39)34-15-12-23(2)35-17-13-26(14-18-35)38-27(25-10-8-7-9-11-25)21-37(31(38)40)32(4,5)6/h7-11,16,19-20,23,26-27,31,40H,12-15,17-18,21H2,1-6H3,(H,34,39)/t23?,27-,31?/m0/s1. The third kappa shape index (κ3) is 5.68. The number of fused-ring (bicyclic) bond motifs is 1. The van der Waals surface area contributed by atoms with Gasteiger partial charge in [-0.2, -0.15) is 0 Å². The fourth-order valence-electron chi connectivity index (χ4n) is 6.72. The van der Waals surface area contributed by atoms with E-state index in [2.05, 4.69) is 83.0 Å². The van der Waals surface area contributed by atoms with Gasteiger partial charge in [0.2, 0.25) is 0 Å². The summed E-state index contributed by atoms with van der Waals surface area (Å²) in [6, 6.07) is 13.5. The molecule has 3 atom stereocenters. The van der Waals surface area contributed by atoms with Gasteiger partial charge in [0.25, 0.3) is 5.91 Å². The first-order chi connectivity index (χ1) is 19.1. The van der Waals surface area contributed by atoms with Gasteiger partial charge in [0.15, 0.2) is 6.35 Å². The molecular formula is C32H46N6O2. The number of benzene rings is 1. The highest BCUT2D eigenvalue weighted by Crippen LogP contribution is 2.39. The van der Waals surface area contributed by atoms with Crippen molar-refractivity contribution in [2.75, 3.05) is 26.2 Å². The summed E-state index contributed by atoms with van der Waals surface area (Å²) in [4.78, 5) is 24.6. The van der Waals surface area contributed by atoms with Crippen molar-refractivity contribution in [2.24, 2.45) is 0 Å². The number of hydrogen-bond acceptors (Lipinski definition) is 6. The molecule has 2 aromatic heterocycles. The Morgan fingerprint density at radius 3 is 2.52 bits per heavy atom. The molecule has 0 bridgehead atoms. The van der Waals surface area contributed by atoms with Crippen molar-refractivity contribution in [3.63, 3.8) is 0 Å². The van der Waals surface area contributed by atoms with E-state index in [1.165, 1.54) is 5.56 Å². The Balaban J connectivity index is 1.17. The van der Waals surface area contributed by atoms with Gasteiger partial charge in [-0.05, 0) is 91.1 Å². The van der Waals surface area contributed by atoms with Crippen LogP contribution in [0.2, 0.25) is 0 Å². The fourth-order valence-corrected chi connectivity index (χ4v) is 6.72. The Kier molecular flexibility index (Phi) is 8.34. The molecule has 1 aromatic carbocycles. The van der Waals surface area contributed by atoms with Crippen LogP contribution in [0, 0.1) is 13.8 Å². The topological polar surface area (TPSA) is 76.4 Å². The first-order valence-electron chi connectivity index (χ1n) is 14.8. The van der Waals surface area contributed by atoms with E-state index in [1.54, 1.807) is 6.20 Å². The number of hydrogen-bond donors (Lipinski definition) is 2. The second-order valence-corrected chi connectivity index (χ2v) is 12.6. The van der Waals surface area contributed by atoms with E-state index < -0.39 is 6.35 Å². The SMILES string of the molecule is Cc1cc2nccn2c(C)c1C(=O)NCCC(C)N1CCC(N2C(O)N(C(C)(C)C)C[C@H]2c2ccccc2)CC1. The molecule has 4 heterocycles. The molecule has 0 aliphatic carbocycles. The zero-order valence-corrected chi connectivity index (χ0v) is 25.0. The van der Waals surface area contributed by atoms with Gasteiger partial charge in [-0.25, -0.2) is 4.98 Å². The number of aliphatic hydroxyl groups is 1. The Bertz CT molecular complexity index is 1310. The first kappa shape index (κ1) is 28.7. The number of aliphatic hydroxyl groups excluding tert-OH is 1. The van der Waals surface area contributed by atoms with Gasteiger partial charge in [0.05, 0.1) is 11.6 Å². The highest BCUT2D eigenvalue weighted by molar-refractivity contribution is 5.97. The molecule has 40 heavy (non-hydrogen) atoms. The second-order valence-electron chi connectivity index (χ2n) is 12.6. The van der Waals surface area contributed by atoms with Crippen LogP contribution in [0.15, 0.2) is 48.8 Å². The molecule has 2 unspecified atom stereocenters. The van der Waals surface area contributed by atoms with Crippen molar-refractivity contribution >= 4 is 11.6 Å². The van der Waals surface area contributed by atoms with Gasteiger partial charge >= 0.3 is 0 Å². The Morgan fingerprint density at radius 1 is 1.15 bits per heavy atom. The van der Waals surface area contributed by atoms with Crippen molar-refractivity contribution in [2.45, 2.75) is 90.8 Å². The third-order valence-corrected chi connectivity index (χ3v) is 9.07. The largest absolute Gasteiger partial charge is 0.365 e. The summed E-state index contributed by atoms with van der Waals surface area (Å²) in [6.45, 7) is 16.2. The number of nitrogens with zero attached hydrogens (tertiary/aromatic N) is 5. The third-order valence-electron chi connectivity index (χ3n) is 9.07. The van der Waals surface area contributed by atoms with Crippen LogP contribution in [-0.2, 0) is 0 Å². The van der Waals surface area contributed by atoms with Crippen molar-refractivity contribution in [3.05, 3.63) is 71.2 Å². The Morgan fingerprint density at radius 2 is 1.85 bits per heavy atom. The predicted molar refractivity (Wildman–Crippen MR) is 159 cm³/mol. The highest BCUT2D eigenvalue weighted by atomic mass is 16.3. The van der Waals surface area contributed by atoms with Crippen LogP contribution < -0.4 is 5.32 Å². The van der Waals surface area contributed by atoms with Crippen LogP contribution in [0.25, 0.3) is 5.65 Å². The molecule has 3 aromatic rings. The zero-order chi connectivity index (χ0) is 28.6. The lowest BCUT2D eigenvalue weighted by atomic mass is 9.97. The lowest BCUT2D eigenvalue weighted by Crippen LogP contribution is -2.53. The Labute approximate surface area is 239 Å². The maximum Gasteiger partial charge on any atom is 0.253 e. The molecule has 2 fully saturated rings. The molecule has 0 radical (unpaired) electrons. The molecule has 0 saturated carbocycles. The number of piperidine rings is 1. The number of aromatic nitrogens is 2. The van der Waals surface area contributed by atoms with Gasteiger partial charge in [0.1, 0.15) is 5.65 Å². The molecule has 1 amide bonds. The van der Waals surface area contributed by atoms with E-state index >= 15 is 0 Å². The average molecular weight is 547 g/mol. The quantitative estimate of drug-likeness (QED) is 0.459. The number of aryl methyl sites for hydroxylation is 2. The average Bonchev–Trinajstić information content (AvgIpc) is 3.53. The van der Waals surface area contributed by atoms with Gasteiger partial charge < -0.3 is 19.7 Å². The number of rotatable bonds is 7.